The Bertz CT molecular complexity index is 511. The molecule has 0 spiro atoms. The third-order valence-corrected chi connectivity index (χ3v) is 4.10. The highest BCUT2D eigenvalue weighted by atomic mass is 32.2. The van der Waals surface area contributed by atoms with Gasteiger partial charge in [0.05, 0.1) is 0 Å². The first-order valence-electron chi connectivity index (χ1n) is 6.55. The van der Waals surface area contributed by atoms with Crippen molar-refractivity contribution >= 4 is 11.8 Å². The fourth-order valence-electron chi connectivity index (χ4n) is 1.93. The van der Waals surface area contributed by atoms with Crippen molar-refractivity contribution in [3.05, 3.63) is 59.4 Å². The van der Waals surface area contributed by atoms with E-state index in [9.17, 15) is 0 Å². The molecular weight excluding hydrogens is 252 g/mol. The van der Waals surface area contributed by atoms with E-state index < -0.39 is 0 Å². The van der Waals surface area contributed by atoms with Crippen molar-refractivity contribution in [3.8, 4) is 0 Å². The van der Waals surface area contributed by atoms with Crippen LogP contribution in [-0.2, 0) is 6.54 Å². The molecule has 0 fully saturated rings. The van der Waals surface area contributed by atoms with Gasteiger partial charge in [-0.05, 0) is 37.1 Å². The number of hydrogen-bond donors (Lipinski definition) is 1. The van der Waals surface area contributed by atoms with Crippen molar-refractivity contribution < 1.29 is 0 Å². The van der Waals surface area contributed by atoms with E-state index in [4.69, 9.17) is 0 Å². The maximum atomic E-state index is 4.11. The van der Waals surface area contributed by atoms with Gasteiger partial charge in [-0.15, -0.1) is 11.8 Å². The summed E-state index contributed by atoms with van der Waals surface area (Å²) < 4.78 is 0. The molecule has 0 aliphatic carbocycles. The Hall–Kier alpha value is -1.32. The van der Waals surface area contributed by atoms with Crippen LogP contribution in [0.1, 0.15) is 16.7 Å². The molecular formula is C16H20N2S. The Labute approximate surface area is 119 Å². The number of pyridine rings is 1. The van der Waals surface area contributed by atoms with Crippen LogP contribution < -0.4 is 5.32 Å². The molecule has 0 aliphatic rings. The van der Waals surface area contributed by atoms with E-state index in [-0.39, 0.29) is 0 Å². The Kier molecular flexibility index (Phi) is 5.43. The number of thioether (sulfide) groups is 1. The van der Waals surface area contributed by atoms with Crippen LogP contribution in [0.15, 0.2) is 47.6 Å². The summed E-state index contributed by atoms with van der Waals surface area (Å²) in [5, 5.41) is 3.44. The minimum absolute atomic E-state index is 0.890. The number of nitrogens with one attached hydrogen (secondary N) is 1. The zero-order valence-corrected chi connectivity index (χ0v) is 12.3. The second-order valence-electron chi connectivity index (χ2n) is 4.66. The van der Waals surface area contributed by atoms with Gasteiger partial charge in [0.1, 0.15) is 0 Å². The van der Waals surface area contributed by atoms with Crippen molar-refractivity contribution in [2.75, 3.05) is 12.3 Å². The van der Waals surface area contributed by atoms with Crippen molar-refractivity contribution in [3.63, 3.8) is 0 Å². The Morgan fingerprint density at radius 2 is 2.11 bits per heavy atom. The van der Waals surface area contributed by atoms with Crippen molar-refractivity contribution in [2.45, 2.75) is 25.3 Å². The third-order valence-electron chi connectivity index (χ3n) is 2.92. The molecule has 2 rings (SSSR count). The van der Waals surface area contributed by atoms with E-state index >= 15 is 0 Å². The molecule has 0 saturated carbocycles. The summed E-state index contributed by atoms with van der Waals surface area (Å²) in [6.07, 6.45) is 3.71. The number of aryl methyl sites for hydroxylation is 2. The zero-order chi connectivity index (χ0) is 13.5. The van der Waals surface area contributed by atoms with Gasteiger partial charge in [-0.3, -0.25) is 4.98 Å². The van der Waals surface area contributed by atoms with Gasteiger partial charge < -0.3 is 5.32 Å². The lowest BCUT2D eigenvalue weighted by atomic mass is 10.2. The van der Waals surface area contributed by atoms with Crippen molar-refractivity contribution in [1.29, 1.82) is 0 Å². The maximum Gasteiger partial charge on any atom is 0.0312 e. The molecule has 0 aliphatic heterocycles. The van der Waals surface area contributed by atoms with Crippen LogP contribution in [0.4, 0.5) is 0 Å². The van der Waals surface area contributed by atoms with E-state index in [2.05, 4.69) is 48.4 Å². The zero-order valence-electron chi connectivity index (χ0n) is 11.5. The van der Waals surface area contributed by atoms with Gasteiger partial charge in [0.2, 0.25) is 0 Å². The van der Waals surface area contributed by atoms with Gasteiger partial charge in [-0.25, -0.2) is 0 Å². The van der Waals surface area contributed by atoms with Gasteiger partial charge in [0, 0.05) is 36.1 Å². The van der Waals surface area contributed by atoms with E-state index in [0.29, 0.717) is 0 Å². The van der Waals surface area contributed by atoms with Crippen LogP contribution in [0.3, 0.4) is 0 Å². The minimum atomic E-state index is 0.890. The molecule has 2 aromatic rings. The molecule has 0 unspecified atom stereocenters. The smallest absolute Gasteiger partial charge is 0.0312 e. The molecule has 0 radical (unpaired) electrons. The molecule has 100 valence electrons. The van der Waals surface area contributed by atoms with E-state index in [1.165, 1.54) is 21.6 Å². The first-order chi connectivity index (χ1) is 9.25. The molecule has 1 aromatic heterocycles. The number of benzene rings is 1. The van der Waals surface area contributed by atoms with E-state index in [0.717, 1.165) is 18.8 Å². The summed E-state index contributed by atoms with van der Waals surface area (Å²) in [6.45, 7) is 6.21. The van der Waals surface area contributed by atoms with Crippen LogP contribution in [0.25, 0.3) is 0 Å². The molecule has 3 heteroatoms. The Morgan fingerprint density at radius 1 is 1.21 bits per heavy atom. The number of hydrogen-bond acceptors (Lipinski definition) is 3. The van der Waals surface area contributed by atoms with Crippen molar-refractivity contribution in [1.82, 2.24) is 10.3 Å². The molecule has 0 saturated heterocycles. The summed E-state index contributed by atoms with van der Waals surface area (Å²) in [7, 11) is 0. The lowest BCUT2D eigenvalue weighted by Crippen LogP contribution is -2.16. The maximum absolute atomic E-state index is 4.11. The first-order valence-corrected chi connectivity index (χ1v) is 7.54. The normalized spacial score (nSPS) is 10.6. The van der Waals surface area contributed by atoms with Gasteiger partial charge in [-0.2, -0.15) is 0 Å². The quantitative estimate of drug-likeness (QED) is 0.642. The highest BCUT2D eigenvalue weighted by Gasteiger charge is 1.99. The van der Waals surface area contributed by atoms with Gasteiger partial charge in [0.25, 0.3) is 0 Å². The molecule has 0 bridgehead atoms. The summed E-state index contributed by atoms with van der Waals surface area (Å²) >= 11 is 1.91. The fourth-order valence-corrected chi connectivity index (χ4v) is 2.85. The molecule has 1 heterocycles. The lowest BCUT2D eigenvalue weighted by Gasteiger charge is -2.07. The van der Waals surface area contributed by atoms with Crippen LogP contribution in [0.2, 0.25) is 0 Å². The monoisotopic (exact) mass is 272 g/mol. The van der Waals surface area contributed by atoms with E-state index in [1.54, 1.807) is 6.20 Å². The van der Waals surface area contributed by atoms with Crippen LogP contribution in [0.5, 0.6) is 0 Å². The molecule has 2 nitrogen and oxygen atoms in total. The predicted octanol–water partition coefficient (Wildman–Crippen LogP) is 3.58. The highest BCUT2D eigenvalue weighted by molar-refractivity contribution is 7.99. The molecule has 0 atom stereocenters. The van der Waals surface area contributed by atoms with Gasteiger partial charge >= 0.3 is 0 Å². The second kappa shape index (κ2) is 7.31. The summed E-state index contributed by atoms with van der Waals surface area (Å²) in [6, 6.07) is 10.7. The summed E-state index contributed by atoms with van der Waals surface area (Å²) in [4.78, 5) is 5.49. The minimum Gasteiger partial charge on any atom is -0.312 e. The number of rotatable bonds is 6. The average Bonchev–Trinajstić information content (AvgIpc) is 2.42. The molecule has 1 N–H and O–H groups in total. The number of nitrogens with zero attached hydrogens (tertiary/aromatic N) is 1. The van der Waals surface area contributed by atoms with Gasteiger partial charge in [0.15, 0.2) is 0 Å². The van der Waals surface area contributed by atoms with E-state index in [1.807, 2.05) is 24.0 Å². The number of aromatic nitrogens is 1. The molecule has 1 aromatic carbocycles. The second-order valence-corrected chi connectivity index (χ2v) is 5.79. The molecule has 19 heavy (non-hydrogen) atoms. The van der Waals surface area contributed by atoms with Crippen LogP contribution in [-0.4, -0.2) is 17.3 Å². The summed E-state index contributed by atoms with van der Waals surface area (Å²) in [5.74, 6) is 1.09. The fraction of sp³-hybridized carbons (Fsp3) is 0.312. The largest absolute Gasteiger partial charge is 0.312 e. The molecule has 0 amide bonds. The summed E-state index contributed by atoms with van der Waals surface area (Å²) in [5.41, 5.74) is 3.94. The topological polar surface area (TPSA) is 24.9 Å². The van der Waals surface area contributed by atoms with Crippen LogP contribution >= 0.6 is 11.8 Å². The highest BCUT2D eigenvalue weighted by Crippen LogP contribution is 2.22. The SMILES string of the molecule is Cc1ccc(SCCNCc2cccnc2)c(C)c1. The van der Waals surface area contributed by atoms with Crippen molar-refractivity contribution in [2.24, 2.45) is 0 Å². The van der Waals surface area contributed by atoms with Gasteiger partial charge in [-0.1, -0.05) is 23.8 Å². The standard InChI is InChI=1S/C16H20N2S/c1-13-5-6-16(14(2)10-13)19-9-8-18-12-15-4-3-7-17-11-15/h3-7,10-11,18H,8-9,12H2,1-2H3. The lowest BCUT2D eigenvalue weighted by molar-refractivity contribution is 0.729. The first kappa shape index (κ1) is 14.1. The third kappa shape index (κ3) is 4.69. The van der Waals surface area contributed by atoms with Crippen LogP contribution in [0, 0.1) is 13.8 Å². The Balaban J connectivity index is 1.69. The Morgan fingerprint density at radius 3 is 2.84 bits per heavy atom. The predicted molar refractivity (Wildman–Crippen MR) is 82.6 cm³/mol. The average molecular weight is 272 g/mol.